The van der Waals surface area contributed by atoms with Crippen LogP contribution in [0.25, 0.3) is 10.8 Å². The summed E-state index contributed by atoms with van der Waals surface area (Å²) in [7, 11) is 0. The first-order chi connectivity index (χ1) is 8.58. The van der Waals surface area contributed by atoms with Crippen molar-refractivity contribution in [3.63, 3.8) is 0 Å². The van der Waals surface area contributed by atoms with E-state index in [-0.39, 0.29) is 11.9 Å². The standard InChI is InChI=1S/C16H19NO/c1-11(2)12(3)17-16(18)15-9-8-13-6-4-5-7-14(13)10-15/h4-12H,1-3H3,(H,17,18)/t12-/m1/s1. The fourth-order valence-electron chi connectivity index (χ4n) is 1.79. The first-order valence-electron chi connectivity index (χ1n) is 6.37. The van der Waals surface area contributed by atoms with Crippen LogP contribution in [0.5, 0.6) is 0 Å². The number of benzene rings is 2. The SMILES string of the molecule is CC(C)[C@@H](C)NC(=O)c1ccc2ccccc2c1. The van der Waals surface area contributed by atoms with E-state index < -0.39 is 0 Å². The Hall–Kier alpha value is -1.83. The van der Waals surface area contributed by atoms with Gasteiger partial charge in [0.25, 0.3) is 5.91 Å². The maximum atomic E-state index is 12.1. The largest absolute Gasteiger partial charge is 0.349 e. The maximum Gasteiger partial charge on any atom is 0.251 e. The molecule has 0 aliphatic carbocycles. The monoisotopic (exact) mass is 241 g/mol. The summed E-state index contributed by atoms with van der Waals surface area (Å²) >= 11 is 0. The molecule has 2 rings (SSSR count). The summed E-state index contributed by atoms with van der Waals surface area (Å²) < 4.78 is 0. The molecule has 2 nitrogen and oxygen atoms in total. The summed E-state index contributed by atoms with van der Waals surface area (Å²) in [5.74, 6) is 0.441. The van der Waals surface area contributed by atoms with E-state index in [1.54, 1.807) is 0 Å². The van der Waals surface area contributed by atoms with Crippen molar-refractivity contribution in [3.05, 3.63) is 48.0 Å². The summed E-state index contributed by atoms with van der Waals surface area (Å²) in [6.45, 7) is 6.24. The first-order valence-corrected chi connectivity index (χ1v) is 6.37. The Morgan fingerprint density at radius 2 is 1.67 bits per heavy atom. The molecular formula is C16H19NO. The minimum absolute atomic E-state index is 0.00181. The molecule has 0 fully saturated rings. The van der Waals surface area contributed by atoms with Gasteiger partial charge >= 0.3 is 0 Å². The number of fused-ring (bicyclic) bond motifs is 1. The normalized spacial score (nSPS) is 12.7. The molecule has 0 bridgehead atoms. The van der Waals surface area contributed by atoms with Gasteiger partial charge in [-0.05, 0) is 35.7 Å². The van der Waals surface area contributed by atoms with Gasteiger partial charge in [0, 0.05) is 11.6 Å². The summed E-state index contributed by atoms with van der Waals surface area (Å²) in [6, 6.07) is 14.1. The van der Waals surface area contributed by atoms with Gasteiger partial charge in [0.15, 0.2) is 0 Å². The molecule has 1 N–H and O–H groups in total. The van der Waals surface area contributed by atoms with Crippen LogP contribution < -0.4 is 5.32 Å². The summed E-state index contributed by atoms with van der Waals surface area (Å²) in [6.07, 6.45) is 0. The lowest BCUT2D eigenvalue weighted by Crippen LogP contribution is -2.36. The Kier molecular flexibility index (Phi) is 3.66. The quantitative estimate of drug-likeness (QED) is 0.873. The Morgan fingerprint density at radius 3 is 2.33 bits per heavy atom. The number of carbonyl (C=O) groups excluding carboxylic acids is 1. The van der Waals surface area contributed by atoms with E-state index in [1.807, 2.05) is 49.4 Å². The zero-order valence-corrected chi connectivity index (χ0v) is 11.1. The van der Waals surface area contributed by atoms with Gasteiger partial charge in [-0.1, -0.05) is 44.2 Å². The van der Waals surface area contributed by atoms with E-state index in [4.69, 9.17) is 0 Å². The summed E-state index contributed by atoms with van der Waals surface area (Å²) in [4.78, 5) is 12.1. The molecule has 1 amide bonds. The third-order valence-corrected chi connectivity index (χ3v) is 3.37. The molecule has 0 aromatic heterocycles. The Labute approximate surface area is 108 Å². The molecule has 0 unspecified atom stereocenters. The molecule has 0 spiro atoms. The van der Waals surface area contributed by atoms with Gasteiger partial charge in [0.2, 0.25) is 0 Å². The van der Waals surface area contributed by atoms with Crippen LogP contribution in [0.3, 0.4) is 0 Å². The maximum absolute atomic E-state index is 12.1. The minimum atomic E-state index is 0.00181. The molecule has 94 valence electrons. The van der Waals surface area contributed by atoms with Crippen molar-refractivity contribution in [2.45, 2.75) is 26.8 Å². The van der Waals surface area contributed by atoms with Gasteiger partial charge in [-0.2, -0.15) is 0 Å². The molecule has 18 heavy (non-hydrogen) atoms. The fraction of sp³-hybridized carbons (Fsp3) is 0.312. The third kappa shape index (κ3) is 2.70. The summed E-state index contributed by atoms with van der Waals surface area (Å²) in [5, 5.41) is 5.28. The number of nitrogens with one attached hydrogen (secondary N) is 1. The van der Waals surface area contributed by atoms with E-state index >= 15 is 0 Å². The molecule has 0 saturated heterocycles. The second kappa shape index (κ2) is 5.21. The molecule has 0 saturated carbocycles. The van der Waals surface area contributed by atoms with Crippen molar-refractivity contribution >= 4 is 16.7 Å². The van der Waals surface area contributed by atoms with Crippen LogP contribution in [0.4, 0.5) is 0 Å². The van der Waals surface area contributed by atoms with Crippen molar-refractivity contribution in [2.24, 2.45) is 5.92 Å². The molecule has 2 aromatic carbocycles. The van der Waals surface area contributed by atoms with Gasteiger partial charge in [0.05, 0.1) is 0 Å². The number of carbonyl (C=O) groups is 1. The van der Waals surface area contributed by atoms with E-state index in [2.05, 4.69) is 19.2 Å². The van der Waals surface area contributed by atoms with Crippen LogP contribution in [0.2, 0.25) is 0 Å². The average Bonchev–Trinajstić information content (AvgIpc) is 2.37. The predicted octanol–water partition coefficient (Wildman–Crippen LogP) is 3.61. The smallest absolute Gasteiger partial charge is 0.251 e. The molecule has 0 aliphatic rings. The van der Waals surface area contributed by atoms with Gasteiger partial charge in [-0.3, -0.25) is 4.79 Å². The van der Waals surface area contributed by atoms with Gasteiger partial charge in [0.1, 0.15) is 0 Å². The second-order valence-corrected chi connectivity index (χ2v) is 5.07. The molecule has 1 atom stereocenters. The zero-order valence-electron chi connectivity index (χ0n) is 11.1. The van der Waals surface area contributed by atoms with Crippen LogP contribution in [0, 0.1) is 5.92 Å². The average molecular weight is 241 g/mol. The highest BCUT2D eigenvalue weighted by atomic mass is 16.1. The number of rotatable bonds is 3. The third-order valence-electron chi connectivity index (χ3n) is 3.37. The van der Waals surface area contributed by atoms with Gasteiger partial charge < -0.3 is 5.32 Å². The van der Waals surface area contributed by atoms with Crippen molar-refractivity contribution in [2.75, 3.05) is 0 Å². The van der Waals surface area contributed by atoms with Crippen molar-refractivity contribution in [1.29, 1.82) is 0 Å². The topological polar surface area (TPSA) is 29.1 Å². The van der Waals surface area contributed by atoms with Crippen molar-refractivity contribution in [3.8, 4) is 0 Å². The summed E-state index contributed by atoms with van der Waals surface area (Å²) in [5.41, 5.74) is 0.723. The van der Waals surface area contributed by atoms with Crippen LogP contribution in [0.1, 0.15) is 31.1 Å². The lowest BCUT2D eigenvalue weighted by Gasteiger charge is -2.17. The Bertz CT molecular complexity index is 560. The van der Waals surface area contributed by atoms with Crippen molar-refractivity contribution in [1.82, 2.24) is 5.32 Å². The fourth-order valence-corrected chi connectivity index (χ4v) is 1.79. The van der Waals surface area contributed by atoms with E-state index in [0.717, 1.165) is 16.3 Å². The van der Waals surface area contributed by atoms with Crippen LogP contribution in [0.15, 0.2) is 42.5 Å². The number of hydrogen-bond acceptors (Lipinski definition) is 1. The predicted molar refractivity (Wildman–Crippen MR) is 75.7 cm³/mol. The number of hydrogen-bond donors (Lipinski definition) is 1. The first kappa shape index (κ1) is 12.6. The molecule has 2 heteroatoms. The van der Waals surface area contributed by atoms with Gasteiger partial charge in [-0.15, -0.1) is 0 Å². The number of amides is 1. The van der Waals surface area contributed by atoms with E-state index in [1.165, 1.54) is 0 Å². The van der Waals surface area contributed by atoms with Crippen LogP contribution in [-0.2, 0) is 0 Å². The lowest BCUT2D eigenvalue weighted by molar-refractivity contribution is 0.0930. The Balaban J connectivity index is 2.23. The van der Waals surface area contributed by atoms with E-state index in [9.17, 15) is 4.79 Å². The highest BCUT2D eigenvalue weighted by molar-refractivity contribution is 5.98. The highest BCUT2D eigenvalue weighted by Crippen LogP contribution is 2.15. The molecule has 0 radical (unpaired) electrons. The Morgan fingerprint density at radius 1 is 1.00 bits per heavy atom. The second-order valence-electron chi connectivity index (χ2n) is 5.07. The molecule has 0 aliphatic heterocycles. The van der Waals surface area contributed by atoms with Crippen LogP contribution in [-0.4, -0.2) is 11.9 Å². The van der Waals surface area contributed by atoms with Crippen molar-refractivity contribution < 1.29 is 4.79 Å². The molecule has 0 heterocycles. The lowest BCUT2D eigenvalue weighted by atomic mass is 10.0. The minimum Gasteiger partial charge on any atom is -0.349 e. The van der Waals surface area contributed by atoms with E-state index in [0.29, 0.717) is 5.92 Å². The molecular weight excluding hydrogens is 222 g/mol. The zero-order chi connectivity index (χ0) is 13.1. The highest BCUT2D eigenvalue weighted by Gasteiger charge is 2.12. The molecule has 2 aromatic rings. The van der Waals surface area contributed by atoms with Crippen LogP contribution >= 0.6 is 0 Å². The van der Waals surface area contributed by atoms with Gasteiger partial charge in [-0.25, -0.2) is 0 Å².